The summed E-state index contributed by atoms with van der Waals surface area (Å²) in [5, 5.41) is 15.4. The average Bonchev–Trinajstić information content (AvgIpc) is 3.46. The summed E-state index contributed by atoms with van der Waals surface area (Å²) in [6, 6.07) is 28.4. The van der Waals surface area contributed by atoms with Crippen LogP contribution in [0.15, 0.2) is 103 Å². The highest BCUT2D eigenvalue weighted by Gasteiger charge is 2.18. The highest BCUT2D eigenvalue weighted by Crippen LogP contribution is 2.35. The molecule has 11 heteroatoms. The molecule has 3 N–H and O–H groups in total. The van der Waals surface area contributed by atoms with Crippen molar-refractivity contribution in [2.45, 2.75) is 30.6 Å². The molecular weight excluding hydrogens is 696 g/mol. The Balaban J connectivity index is 1.23. The Morgan fingerprint density at radius 2 is 1.76 bits per heavy atom. The Labute approximate surface area is 279 Å². The number of amides is 2. The fraction of sp³-hybridized carbons (Fsp3) is 0.143. The van der Waals surface area contributed by atoms with Crippen molar-refractivity contribution in [1.29, 1.82) is 0 Å². The van der Waals surface area contributed by atoms with E-state index in [9.17, 15) is 9.18 Å². The van der Waals surface area contributed by atoms with Crippen LogP contribution in [0.2, 0.25) is 0 Å². The molecule has 0 saturated carbocycles. The largest absolute Gasteiger partial charge is 0.438 e. The second kappa shape index (κ2) is 13.9. The molecule has 9 nitrogen and oxygen atoms in total. The summed E-state index contributed by atoms with van der Waals surface area (Å²) < 4.78 is 21.8. The van der Waals surface area contributed by atoms with Crippen LogP contribution >= 0.6 is 22.6 Å². The van der Waals surface area contributed by atoms with E-state index in [-0.39, 0.29) is 15.7 Å². The number of ether oxygens (including phenoxy) is 1. The molecule has 0 aliphatic heterocycles. The molecule has 1 unspecified atom stereocenters. The van der Waals surface area contributed by atoms with Crippen LogP contribution in [0.5, 0.6) is 11.6 Å². The SMILES string of the molecule is CCCC(I)c1cc(NC(=O)Nc2ccc(Oc3ccnc(Nc4cccc(F)c4)n3)c3ccccc23)n(-c2ccc(C)cc2)n1. The van der Waals surface area contributed by atoms with Crippen molar-refractivity contribution >= 4 is 62.5 Å². The Bertz CT molecular complexity index is 2000. The lowest BCUT2D eigenvalue weighted by Gasteiger charge is -2.14. The number of carbonyl (C=O) groups is 1. The van der Waals surface area contributed by atoms with E-state index >= 15 is 0 Å². The first-order chi connectivity index (χ1) is 22.4. The average molecular weight is 728 g/mol. The van der Waals surface area contributed by atoms with E-state index in [0.29, 0.717) is 28.8 Å². The Kier molecular flexibility index (Phi) is 9.38. The van der Waals surface area contributed by atoms with Gasteiger partial charge in [-0.25, -0.2) is 18.9 Å². The van der Waals surface area contributed by atoms with Gasteiger partial charge in [0.15, 0.2) is 0 Å². The fourth-order valence-corrected chi connectivity index (χ4v) is 5.86. The van der Waals surface area contributed by atoms with Gasteiger partial charge in [-0.05, 0) is 55.8 Å². The van der Waals surface area contributed by atoms with E-state index in [0.717, 1.165) is 40.6 Å². The van der Waals surface area contributed by atoms with E-state index in [2.05, 4.69) is 55.4 Å². The minimum atomic E-state index is -0.400. The van der Waals surface area contributed by atoms with Crippen LogP contribution in [0, 0.1) is 12.7 Å². The molecule has 2 aromatic heterocycles. The van der Waals surface area contributed by atoms with Gasteiger partial charge >= 0.3 is 6.03 Å². The highest BCUT2D eigenvalue weighted by atomic mass is 127. The molecule has 2 amide bonds. The summed E-state index contributed by atoms with van der Waals surface area (Å²) in [4.78, 5) is 22.0. The molecule has 0 radical (unpaired) electrons. The minimum absolute atomic E-state index is 0.220. The smallest absolute Gasteiger partial charge is 0.324 e. The monoisotopic (exact) mass is 727 g/mol. The lowest BCUT2D eigenvalue weighted by Crippen LogP contribution is -2.21. The maximum absolute atomic E-state index is 13.6. The van der Waals surface area contributed by atoms with Crippen LogP contribution in [0.25, 0.3) is 16.5 Å². The Hall–Kier alpha value is -5.04. The third-order valence-electron chi connectivity index (χ3n) is 7.17. The number of alkyl halides is 1. The zero-order chi connectivity index (χ0) is 32.0. The second-order valence-electron chi connectivity index (χ2n) is 10.6. The molecule has 46 heavy (non-hydrogen) atoms. The van der Waals surface area contributed by atoms with Gasteiger partial charge in [-0.1, -0.05) is 84.0 Å². The summed E-state index contributed by atoms with van der Waals surface area (Å²) in [7, 11) is 0. The van der Waals surface area contributed by atoms with Crippen LogP contribution in [0.4, 0.5) is 32.3 Å². The number of halogens is 2. The number of rotatable bonds is 10. The molecule has 0 aliphatic carbocycles. The number of nitrogens with one attached hydrogen (secondary N) is 3. The first-order valence-electron chi connectivity index (χ1n) is 14.8. The van der Waals surface area contributed by atoms with E-state index in [1.54, 1.807) is 41.2 Å². The van der Waals surface area contributed by atoms with Gasteiger partial charge in [0.2, 0.25) is 11.8 Å². The van der Waals surface area contributed by atoms with Gasteiger partial charge in [-0.3, -0.25) is 5.32 Å². The van der Waals surface area contributed by atoms with Gasteiger partial charge in [0.05, 0.1) is 21.0 Å². The Morgan fingerprint density at radius 3 is 2.54 bits per heavy atom. The zero-order valence-electron chi connectivity index (χ0n) is 25.2. The predicted molar refractivity (Wildman–Crippen MR) is 188 cm³/mol. The summed E-state index contributed by atoms with van der Waals surface area (Å²) in [6.45, 7) is 4.18. The highest BCUT2D eigenvalue weighted by molar-refractivity contribution is 14.1. The first-order valence-corrected chi connectivity index (χ1v) is 16.0. The quantitative estimate of drug-likeness (QED) is 0.0959. The summed E-state index contributed by atoms with van der Waals surface area (Å²) in [5.41, 5.74) is 4.03. The molecule has 0 aliphatic rings. The number of nitrogens with zero attached hydrogens (tertiary/aromatic N) is 4. The molecule has 2 heterocycles. The molecule has 0 bridgehead atoms. The number of carbonyl (C=O) groups excluding carboxylic acids is 1. The van der Waals surface area contributed by atoms with Crippen molar-refractivity contribution in [3.63, 3.8) is 0 Å². The zero-order valence-corrected chi connectivity index (χ0v) is 27.3. The Morgan fingerprint density at radius 1 is 0.957 bits per heavy atom. The van der Waals surface area contributed by atoms with Gasteiger partial charge in [-0.2, -0.15) is 10.1 Å². The van der Waals surface area contributed by atoms with Crippen LogP contribution in [-0.2, 0) is 0 Å². The number of hydrogen-bond donors (Lipinski definition) is 3. The standard InChI is InChI=1S/C35H31FIN7O2/c1-3-7-28(37)30-21-32(44(43-30)25-14-12-22(2)13-15-25)41-35(45)40-29-16-17-31(27-11-5-4-10-26(27)29)46-33-18-19-38-34(42-33)39-24-9-6-8-23(36)20-24/h4-6,8-21,28H,3,7H2,1-2H3,(H,38,39,42)(H2,40,41,45). The van der Waals surface area contributed by atoms with Crippen molar-refractivity contribution in [2.24, 2.45) is 0 Å². The minimum Gasteiger partial charge on any atom is -0.438 e. The third kappa shape index (κ3) is 7.26. The summed E-state index contributed by atoms with van der Waals surface area (Å²) >= 11 is 2.40. The first kappa shape index (κ1) is 31.0. The van der Waals surface area contributed by atoms with E-state index in [1.165, 1.54) is 12.1 Å². The number of fused-ring (bicyclic) bond motifs is 1. The number of anilines is 4. The van der Waals surface area contributed by atoms with Gasteiger partial charge in [0, 0.05) is 34.8 Å². The molecular formula is C35H31FIN7O2. The number of benzene rings is 4. The van der Waals surface area contributed by atoms with Gasteiger partial charge in [0.25, 0.3) is 0 Å². The summed E-state index contributed by atoms with van der Waals surface area (Å²) in [5.74, 6) is 1.32. The number of aromatic nitrogens is 4. The normalized spacial score (nSPS) is 11.7. The van der Waals surface area contributed by atoms with E-state index in [4.69, 9.17) is 9.84 Å². The lowest BCUT2D eigenvalue weighted by atomic mass is 10.1. The molecule has 0 spiro atoms. The molecule has 6 rings (SSSR count). The molecule has 0 fully saturated rings. The molecule has 1 atom stereocenters. The van der Waals surface area contributed by atoms with Crippen LogP contribution in [-0.4, -0.2) is 25.8 Å². The van der Waals surface area contributed by atoms with Crippen molar-refractivity contribution < 1.29 is 13.9 Å². The number of hydrogen-bond acceptors (Lipinski definition) is 6. The van der Waals surface area contributed by atoms with Crippen molar-refractivity contribution in [3.05, 3.63) is 120 Å². The van der Waals surface area contributed by atoms with E-state index < -0.39 is 6.03 Å². The van der Waals surface area contributed by atoms with Crippen LogP contribution in [0.3, 0.4) is 0 Å². The van der Waals surface area contributed by atoms with Crippen molar-refractivity contribution in [1.82, 2.24) is 19.7 Å². The fourth-order valence-electron chi connectivity index (χ4n) is 4.93. The van der Waals surface area contributed by atoms with E-state index in [1.807, 2.05) is 61.5 Å². The second-order valence-corrected chi connectivity index (χ2v) is 12.2. The molecule has 0 saturated heterocycles. The van der Waals surface area contributed by atoms with Gasteiger partial charge < -0.3 is 15.4 Å². The number of aryl methyl sites for hydroxylation is 1. The van der Waals surface area contributed by atoms with Crippen molar-refractivity contribution in [2.75, 3.05) is 16.0 Å². The van der Waals surface area contributed by atoms with Crippen LogP contribution in [0.1, 0.15) is 34.9 Å². The molecule has 6 aromatic rings. The molecule has 4 aromatic carbocycles. The number of urea groups is 1. The lowest BCUT2D eigenvalue weighted by molar-refractivity contribution is 0.262. The van der Waals surface area contributed by atoms with Gasteiger partial charge in [0.1, 0.15) is 17.4 Å². The third-order valence-corrected chi connectivity index (χ3v) is 8.43. The predicted octanol–water partition coefficient (Wildman–Crippen LogP) is 9.72. The summed E-state index contributed by atoms with van der Waals surface area (Å²) in [6.07, 6.45) is 3.57. The van der Waals surface area contributed by atoms with Crippen molar-refractivity contribution in [3.8, 4) is 17.3 Å². The van der Waals surface area contributed by atoms with Crippen LogP contribution < -0.4 is 20.7 Å². The van der Waals surface area contributed by atoms with Gasteiger partial charge in [-0.15, -0.1) is 0 Å². The topological polar surface area (TPSA) is 106 Å². The molecule has 232 valence electrons. The maximum atomic E-state index is 13.6. The maximum Gasteiger partial charge on any atom is 0.324 e.